The monoisotopic (exact) mass is 253 g/mol. The Hall–Kier alpha value is -0.450. The predicted molar refractivity (Wildman–Crippen MR) is 73.3 cm³/mol. The van der Waals surface area contributed by atoms with Gasteiger partial charge in [0.25, 0.3) is 0 Å². The van der Waals surface area contributed by atoms with Crippen molar-refractivity contribution in [3.63, 3.8) is 0 Å². The molecule has 1 aliphatic heterocycles. The highest BCUT2D eigenvalue weighted by atomic mass is 32.1. The van der Waals surface area contributed by atoms with E-state index in [1.54, 1.807) is 11.3 Å². The molecule has 2 atom stereocenters. The number of aromatic nitrogens is 1. The molecule has 0 saturated carbocycles. The zero-order valence-corrected chi connectivity index (χ0v) is 11.8. The summed E-state index contributed by atoms with van der Waals surface area (Å²) in [6.45, 7) is 10.2. The Kier molecular flexibility index (Phi) is 4.54. The van der Waals surface area contributed by atoms with Gasteiger partial charge in [0, 0.05) is 37.3 Å². The number of thiazole rings is 1. The third-order valence-corrected chi connectivity index (χ3v) is 4.48. The Balaban J connectivity index is 2.04. The Bertz CT molecular complexity index is 323. The molecule has 2 unspecified atom stereocenters. The molecule has 1 aliphatic rings. The Morgan fingerprint density at radius 1 is 1.59 bits per heavy atom. The standard InChI is InChI=1S/C13H23N3S/c1-4-12(13-15-6-8-17-13)16-7-5-14-11(9-16)10(2)3/h6,8,10-12,14H,4-5,7,9H2,1-3H3. The molecule has 96 valence electrons. The summed E-state index contributed by atoms with van der Waals surface area (Å²) in [6.07, 6.45) is 3.07. The van der Waals surface area contributed by atoms with Crippen LogP contribution in [0.2, 0.25) is 0 Å². The molecular weight excluding hydrogens is 230 g/mol. The van der Waals surface area contributed by atoms with E-state index in [0.717, 1.165) is 26.1 Å². The molecule has 1 aromatic heterocycles. The second-order valence-electron chi connectivity index (χ2n) is 5.09. The van der Waals surface area contributed by atoms with Gasteiger partial charge < -0.3 is 5.32 Å². The fourth-order valence-corrected chi connectivity index (χ4v) is 3.38. The fraction of sp³-hybridized carbons (Fsp3) is 0.769. The lowest BCUT2D eigenvalue weighted by Crippen LogP contribution is -2.53. The van der Waals surface area contributed by atoms with Crippen LogP contribution in [0.15, 0.2) is 11.6 Å². The molecule has 1 saturated heterocycles. The molecule has 0 spiro atoms. The molecule has 1 fully saturated rings. The van der Waals surface area contributed by atoms with Gasteiger partial charge in [-0.1, -0.05) is 20.8 Å². The van der Waals surface area contributed by atoms with E-state index in [0.29, 0.717) is 18.0 Å². The largest absolute Gasteiger partial charge is 0.311 e. The second-order valence-corrected chi connectivity index (χ2v) is 6.02. The summed E-state index contributed by atoms with van der Waals surface area (Å²) < 4.78 is 0. The van der Waals surface area contributed by atoms with Crippen molar-refractivity contribution in [1.82, 2.24) is 15.2 Å². The van der Waals surface area contributed by atoms with E-state index in [9.17, 15) is 0 Å². The van der Waals surface area contributed by atoms with Crippen molar-refractivity contribution in [2.75, 3.05) is 19.6 Å². The lowest BCUT2D eigenvalue weighted by atomic mass is 10.0. The van der Waals surface area contributed by atoms with Crippen LogP contribution in [0.5, 0.6) is 0 Å². The second kappa shape index (κ2) is 5.94. The number of nitrogens with zero attached hydrogens (tertiary/aromatic N) is 2. The summed E-state index contributed by atoms with van der Waals surface area (Å²) in [7, 11) is 0. The van der Waals surface area contributed by atoms with Crippen LogP contribution >= 0.6 is 11.3 Å². The molecule has 0 bridgehead atoms. The zero-order chi connectivity index (χ0) is 12.3. The van der Waals surface area contributed by atoms with Gasteiger partial charge in [-0.25, -0.2) is 4.98 Å². The minimum Gasteiger partial charge on any atom is -0.311 e. The van der Waals surface area contributed by atoms with Crippen LogP contribution in [0, 0.1) is 5.92 Å². The summed E-state index contributed by atoms with van der Waals surface area (Å²) in [5.41, 5.74) is 0. The average molecular weight is 253 g/mol. The molecule has 17 heavy (non-hydrogen) atoms. The lowest BCUT2D eigenvalue weighted by Gasteiger charge is -2.39. The van der Waals surface area contributed by atoms with Crippen LogP contribution in [0.3, 0.4) is 0 Å². The Labute approximate surface area is 108 Å². The fourth-order valence-electron chi connectivity index (χ4n) is 2.52. The molecule has 1 aromatic rings. The minimum absolute atomic E-state index is 0.512. The van der Waals surface area contributed by atoms with E-state index in [-0.39, 0.29) is 0 Å². The van der Waals surface area contributed by atoms with Crippen molar-refractivity contribution >= 4 is 11.3 Å². The van der Waals surface area contributed by atoms with Crippen LogP contribution in [0.25, 0.3) is 0 Å². The number of hydrogen-bond acceptors (Lipinski definition) is 4. The van der Waals surface area contributed by atoms with Crippen LogP contribution in [0.1, 0.15) is 38.2 Å². The highest BCUT2D eigenvalue weighted by Gasteiger charge is 2.28. The smallest absolute Gasteiger partial charge is 0.110 e. The number of nitrogens with one attached hydrogen (secondary N) is 1. The van der Waals surface area contributed by atoms with Crippen LogP contribution < -0.4 is 5.32 Å². The van der Waals surface area contributed by atoms with Gasteiger partial charge in [-0.15, -0.1) is 11.3 Å². The van der Waals surface area contributed by atoms with E-state index >= 15 is 0 Å². The number of rotatable bonds is 4. The first kappa shape index (κ1) is 13.0. The Morgan fingerprint density at radius 2 is 2.41 bits per heavy atom. The first-order chi connectivity index (χ1) is 8.22. The molecule has 0 amide bonds. The topological polar surface area (TPSA) is 28.2 Å². The SMILES string of the molecule is CCC(c1nccs1)N1CCNC(C(C)C)C1. The van der Waals surface area contributed by atoms with E-state index in [1.807, 2.05) is 6.20 Å². The van der Waals surface area contributed by atoms with Gasteiger partial charge in [-0.2, -0.15) is 0 Å². The van der Waals surface area contributed by atoms with E-state index in [4.69, 9.17) is 0 Å². The highest BCUT2D eigenvalue weighted by Crippen LogP contribution is 2.27. The summed E-state index contributed by atoms with van der Waals surface area (Å²) in [6, 6.07) is 1.14. The maximum absolute atomic E-state index is 4.49. The van der Waals surface area contributed by atoms with Gasteiger partial charge in [0.1, 0.15) is 5.01 Å². The van der Waals surface area contributed by atoms with Crippen LogP contribution in [-0.2, 0) is 0 Å². The summed E-state index contributed by atoms with van der Waals surface area (Å²) in [5, 5.41) is 6.97. The van der Waals surface area contributed by atoms with E-state index in [1.165, 1.54) is 5.01 Å². The van der Waals surface area contributed by atoms with Crippen molar-refractivity contribution in [3.8, 4) is 0 Å². The first-order valence-corrected chi connectivity index (χ1v) is 7.47. The van der Waals surface area contributed by atoms with Crippen molar-refractivity contribution in [3.05, 3.63) is 16.6 Å². The highest BCUT2D eigenvalue weighted by molar-refractivity contribution is 7.09. The molecule has 0 radical (unpaired) electrons. The van der Waals surface area contributed by atoms with Crippen LogP contribution in [0.4, 0.5) is 0 Å². The Morgan fingerprint density at radius 3 is 3.00 bits per heavy atom. The third-order valence-electron chi connectivity index (χ3n) is 3.61. The lowest BCUT2D eigenvalue weighted by molar-refractivity contribution is 0.123. The van der Waals surface area contributed by atoms with Gasteiger partial charge in [-0.05, 0) is 12.3 Å². The third kappa shape index (κ3) is 3.06. The normalized spacial score (nSPS) is 24.1. The van der Waals surface area contributed by atoms with Gasteiger partial charge in [0.05, 0.1) is 6.04 Å². The number of hydrogen-bond donors (Lipinski definition) is 1. The van der Waals surface area contributed by atoms with Crippen molar-refractivity contribution < 1.29 is 0 Å². The molecule has 2 rings (SSSR count). The maximum Gasteiger partial charge on any atom is 0.110 e. The van der Waals surface area contributed by atoms with Gasteiger partial charge in [0.15, 0.2) is 0 Å². The average Bonchev–Trinajstić information content (AvgIpc) is 2.84. The molecule has 0 aliphatic carbocycles. The van der Waals surface area contributed by atoms with E-state index in [2.05, 4.69) is 41.4 Å². The molecule has 2 heterocycles. The summed E-state index contributed by atoms with van der Waals surface area (Å²) in [5.74, 6) is 0.701. The van der Waals surface area contributed by atoms with Crippen molar-refractivity contribution in [2.24, 2.45) is 5.92 Å². The van der Waals surface area contributed by atoms with Crippen LogP contribution in [-0.4, -0.2) is 35.6 Å². The predicted octanol–water partition coefficient (Wildman–Crippen LogP) is 2.52. The zero-order valence-electron chi connectivity index (χ0n) is 11.0. The summed E-state index contributed by atoms with van der Waals surface area (Å²) in [4.78, 5) is 7.09. The quantitative estimate of drug-likeness (QED) is 0.894. The molecule has 4 heteroatoms. The summed E-state index contributed by atoms with van der Waals surface area (Å²) >= 11 is 1.79. The molecular formula is C13H23N3S. The van der Waals surface area contributed by atoms with Crippen molar-refractivity contribution in [2.45, 2.75) is 39.3 Å². The minimum atomic E-state index is 0.512. The van der Waals surface area contributed by atoms with Gasteiger partial charge in [-0.3, -0.25) is 4.90 Å². The maximum atomic E-state index is 4.49. The first-order valence-electron chi connectivity index (χ1n) is 6.59. The van der Waals surface area contributed by atoms with Gasteiger partial charge >= 0.3 is 0 Å². The molecule has 1 N–H and O–H groups in total. The van der Waals surface area contributed by atoms with Crippen molar-refractivity contribution in [1.29, 1.82) is 0 Å². The molecule has 0 aromatic carbocycles. The van der Waals surface area contributed by atoms with E-state index < -0.39 is 0 Å². The molecule has 3 nitrogen and oxygen atoms in total. The van der Waals surface area contributed by atoms with Gasteiger partial charge in [0.2, 0.25) is 0 Å². The number of piperazine rings is 1.